The topological polar surface area (TPSA) is 79.5 Å². The van der Waals surface area contributed by atoms with E-state index in [9.17, 15) is 8.42 Å². The van der Waals surface area contributed by atoms with Crippen LogP contribution in [0.25, 0.3) is 0 Å². The lowest BCUT2D eigenvalue weighted by atomic mass is 9.85. The lowest BCUT2D eigenvalue weighted by Gasteiger charge is -2.36. The summed E-state index contributed by atoms with van der Waals surface area (Å²) in [5.74, 6) is 2.51. The second-order valence-electron chi connectivity index (χ2n) is 7.66. The molecule has 2 atom stereocenters. The monoisotopic (exact) mass is 354 g/mol. The molecule has 1 aromatic rings. The van der Waals surface area contributed by atoms with Crippen LogP contribution in [-0.2, 0) is 16.6 Å². The smallest absolute Gasteiger partial charge is 0.240 e. The van der Waals surface area contributed by atoms with Crippen LogP contribution < -0.4 is 0 Å². The summed E-state index contributed by atoms with van der Waals surface area (Å²) >= 11 is 0. The first-order valence-electron chi connectivity index (χ1n) is 9.05. The quantitative estimate of drug-likeness (QED) is 0.817. The van der Waals surface area contributed by atoms with E-state index >= 15 is 0 Å². The Bertz CT molecular complexity index is 685. The summed E-state index contributed by atoms with van der Waals surface area (Å²) in [5.41, 5.74) is 0. The Balaban J connectivity index is 1.39. The Morgan fingerprint density at radius 3 is 2.71 bits per heavy atom. The highest BCUT2D eigenvalue weighted by atomic mass is 32.2. The number of piperidine rings is 1. The number of aromatic nitrogens is 2. The first-order valence-corrected chi connectivity index (χ1v) is 10.7. The molecule has 4 rings (SSSR count). The van der Waals surface area contributed by atoms with Crippen molar-refractivity contribution in [2.24, 2.45) is 5.92 Å². The average Bonchev–Trinajstić information content (AvgIpc) is 3.01. The molecule has 8 heteroatoms. The van der Waals surface area contributed by atoms with E-state index in [4.69, 9.17) is 4.52 Å². The molecule has 7 nitrogen and oxygen atoms in total. The molecule has 2 unspecified atom stereocenters. The van der Waals surface area contributed by atoms with E-state index in [0.29, 0.717) is 24.9 Å². The summed E-state index contributed by atoms with van der Waals surface area (Å²) in [4.78, 5) is 6.79. The Kier molecular flexibility index (Phi) is 4.38. The predicted molar refractivity (Wildman–Crippen MR) is 88.8 cm³/mol. The Hall–Kier alpha value is -0.990. The molecule has 0 radical (unpaired) electrons. The molecule has 2 saturated heterocycles. The summed E-state index contributed by atoms with van der Waals surface area (Å²) in [5, 5.41) is 4.11. The lowest BCUT2D eigenvalue weighted by molar-refractivity contribution is 0.130. The maximum Gasteiger partial charge on any atom is 0.240 e. The standard InChI is InChI=1S/C16H26N4O3S/c1-12-8-20(24(21,22)11-12)14-6-3-7-19(9-14)10-15-17-16(18-23-15)13-4-2-5-13/h12-14H,2-11H2,1H3. The Morgan fingerprint density at radius 1 is 1.21 bits per heavy atom. The second kappa shape index (κ2) is 6.38. The van der Waals surface area contributed by atoms with Gasteiger partial charge in [0.25, 0.3) is 0 Å². The van der Waals surface area contributed by atoms with Gasteiger partial charge in [0.05, 0.1) is 12.3 Å². The Morgan fingerprint density at radius 2 is 2.04 bits per heavy atom. The van der Waals surface area contributed by atoms with E-state index in [1.165, 1.54) is 6.42 Å². The highest BCUT2D eigenvalue weighted by molar-refractivity contribution is 7.89. The van der Waals surface area contributed by atoms with E-state index in [0.717, 1.165) is 44.6 Å². The van der Waals surface area contributed by atoms with Gasteiger partial charge < -0.3 is 4.52 Å². The molecule has 0 amide bonds. The molecule has 3 heterocycles. The van der Waals surface area contributed by atoms with Crippen LogP contribution in [-0.4, -0.2) is 59.2 Å². The number of likely N-dealkylation sites (tertiary alicyclic amines) is 1. The van der Waals surface area contributed by atoms with Gasteiger partial charge in [-0.05, 0) is 38.1 Å². The van der Waals surface area contributed by atoms with Gasteiger partial charge in [0.1, 0.15) is 0 Å². The van der Waals surface area contributed by atoms with Crippen molar-refractivity contribution < 1.29 is 12.9 Å². The third-order valence-corrected chi connectivity index (χ3v) is 7.70. The second-order valence-corrected chi connectivity index (χ2v) is 9.62. The molecule has 0 bridgehead atoms. The van der Waals surface area contributed by atoms with Gasteiger partial charge in [0.2, 0.25) is 15.9 Å². The fraction of sp³-hybridized carbons (Fsp3) is 0.875. The van der Waals surface area contributed by atoms with E-state index in [-0.39, 0.29) is 17.7 Å². The number of nitrogens with zero attached hydrogens (tertiary/aromatic N) is 4. The summed E-state index contributed by atoms with van der Waals surface area (Å²) in [6, 6.07) is 0.0859. The van der Waals surface area contributed by atoms with Crippen molar-refractivity contribution in [1.29, 1.82) is 0 Å². The maximum atomic E-state index is 12.3. The molecular weight excluding hydrogens is 328 g/mol. The highest BCUT2D eigenvalue weighted by Gasteiger charge is 2.40. The normalized spacial score (nSPS) is 32.0. The van der Waals surface area contributed by atoms with Crippen molar-refractivity contribution in [3.63, 3.8) is 0 Å². The van der Waals surface area contributed by atoms with Gasteiger partial charge in [-0.1, -0.05) is 18.5 Å². The van der Waals surface area contributed by atoms with Gasteiger partial charge in [-0.25, -0.2) is 8.42 Å². The molecule has 1 aromatic heterocycles. The number of hydrogen-bond acceptors (Lipinski definition) is 6. The predicted octanol–water partition coefficient (Wildman–Crippen LogP) is 1.58. The van der Waals surface area contributed by atoms with Gasteiger partial charge >= 0.3 is 0 Å². The van der Waals surface area contributed by atoms with Crippen molar-refractivity contribution in [2.45, 2.75) is 57.5 Å². The molecule has 0 spiro atoms. The molecule has 3 aliphatic rings. The van der Waals surface area contributed by atoms with Crippen LogP contribution in [0, 0.1) is 5.92 Å². The van der Waals surface area contributed by atoms with E-state index in [1.54, 1.807) is 4.31 Å². The molecule has 1 aliphatic carbocycles. The van der Waals surface area contributed by atoms with Gasteiger partial charge in [-0.15, -0.1) is 0 Å². The fourth-order valence-corrected chi connectivity index (χ4v) is 6.19. The van der Waals surface area contributed by atoms with Gasteiger partial charge in [-0.3, -0.25) is 4.90 Å². The molecular formula is C16H26N4O3S. The minimum Gasteiger partial charge on any atom is -0.338 e. The summed E-state index contributed by atoms with van der Waals surface area (Å²) in [6.07, 6.45) is 5.53. The van der Waals surface area contributed by atoms with Crippen LogP contribution in [0.15, 0.2) is 4.52 Å². The summed E-state index contributed by atoms with van der Waals surface area (Å²) < 4.78 is 31.8. The van der Waals surface area contributed by atoms with Crippen molar-refractivity contribution in [3.8, 4) is 0 Å². The first-order chi connectivity index (χ1) is 11.5. The van der Waals surface area contributed by atoms with E-state index < -0.39 is 10.0 Å². The van der Waals surface area contributed by atoms with Crippen LogP contribution in [0.2, 0.25) is 0 Å². The largest absolute Gasteiger partial charge is 0.338 e. The molecule has 2 aliphatic heterocycles. The molecule has 1 saturated carbocycles. The van der Waals surface area contributed by atoms with Gasteiger partial charge in [0.15, 0.2) is 5.82 Å². The summed E-state index contributed by atoms with van der Waals surface area (Å²) in [6.45, 7) is 5.01. The first kappa shape index (κ1) is 16.5. The minimum absolute atomic E-state index is 0.0859. The number of rotatable bonds is 4. The van der Waals surface area contributed by atoms with Crippen molar-refractivity contribution in [1.82, 2.24) is 19.3 Å². The van der Waals surface area contributed by atoms with Crippen LogP contribution >= 0.6 is 0 Å². The van der Waals surface area contributed by atoms with Gasteiger partial charge in [-0.2, -0.15) is 9.29 Å². The fourth-order valence-electron chi connectivity index (χ4n) is 4.07. The SMILES string of the molecule is CC1CN(C2CCCN(Cc3nc(C4CCC4)no3)C2)S(=O)(=O)C1. The molecule has 24 heavy (non-hydrogen) atoms. The molecule has 0 aromatic carbocycles. The third kappa shape index (κ3) is 3.23. The van der Waals surface area contributed by atoms with Crippen LogP contribution in [0.3, 0.4) is 0 Å². The maximum absolute atomic E-state index is 12.3. The van der Waals surface area contributed by atoms with Crippen molar-refractivity contribution >= 4 is 10.0 Å². The number of hydrogen-bond donors (Lipinski definition) is 0. The van der Waals surface area contributed by atoms with Crippen LogP contribution in [0.5, 0.6) is 0 Å². The van der Waals surface area contributed by atoms with E-state index in [2.05, 4.69) is 15.0 Å². The summed E-state index contributed by atoms with van der Waals surface area (Å²) in [7, 11) is -3.08. The lowest BCUT2D eigenvalue weighted by Crippen LogP contribution is -2.48. The molecule has 0 N–H and O–H groups in total. The molecule has 134 valence electrons. The van der Waals surface area contributed by atoms with Crippen molar-refractivity contribution in [2.75, 3.05) is 25.4 Å². The molecule has 3 fully saturated rings. The minimum atomic E-state index is -3.08. The van der Waals surface area contributed by atoms with Crippen LogP contribution in [0.4, 0.5) is 0 Å². The zero-order valence-corrected chi connectivity index (χ0v) is 15.0. The zero-order chi connectivity index (χ0) is 16.7. The van der Waals surface area contributed by atoms with Gasteiger partial charge in [0, 0.05) is 25.0 Å². The highest BCUT2D eigenvalue weighted by Crippen LogP contribution is 2.34. The average molecular weight is 354 g/mol. The zero-order valence-electron chi connectivity index (χ0n) is 14.2. The van der Waals surface area contributed by atoms with E-state index in [1.807, 2.05) is 6.92 Å². The number of sulfonamides is 1. The van der Waals surface area contributed by atoms with Crippen molar-refractivity contribution in [3.05, 3.63) is 11.7 Å². The third-order valence-electron chi connectivity index (χ3n) is 5.54. The Labute approximate surface area is 143 Å². The van der Waals surface area contributed by atoms with Crippen LogP contribution in [0.1, 0.15) is 56.7 Å².